The topological polar surface area (TPSA) is 228 Å². The molecule has 0 bridgehead atoms. The van der Waals surface area contributed by atoms with E-state index in [0.29, 0.717) is 12.8 Å². The molecule has 2 fully saturated rings. The van der Waals surface area contributed by atoms with Crippen LogP contribution in [0.1, 0.15) is 412 Å². The fourth-order valence-electron chi connectivity index (χ4n) is 15.0. The Kier molecular flexibility index (Phi) is 72.0. The summed E-state index contributed by atoms with van der Waals surface area (Å²) in [4.78, 5) is 13.5. The van der Waals surface area contributed by atoms with Gasteiger partial charge in [0.15, 0.2) is 12.6 Å². The van der Waals surface area contributed by atoms with Crippen molar-refractivity contribution >= 4 is 5.91 Å². The molecule has 2 rings (SSSR count). The van der Waals surface area contributed by atoms with Crippen molar-refractivity contribution in [3.63, 3.8) is 0 Å². The molecule has 0 spiro atoms. The lowest BCUT2D eigenvalue weighted by Gasteiger charge is -2.46. The van der Waals surface area contributed by atoms with Crippen molar-refractivity contribution in [1.82, 2.24) is 5.32 Å². The fourth-order valence-corrected chi connectivity index (χ4v) is 15.0. The van der Waals surface area contributed by atoms with Crippen LogP contribution in [0.5, 0.6) is 0 Å². The Morgan fingerprint density at radius 2 is 0.639 bits per heavy atom. The second-order valence-corrected chi connectivity index (χ2v) is 32.1. The summed E-state index contributed by atoms with van der Waals surface area (Å²) in [7, 11) is 0. The highest BCUT2D eigenvalue weighted by Gasteiger charge is 2.51. The van der Waals surface area contributed by atoms with Gasteiger partial charge >= 0.3 is 0 Å². The SMILES string of the molecule is CC/C=C\C/C=C\C/C=C\C/C=C\C/C=C\C/C=C\C/C=C\CCCCCCCCCCCCCCCCCCCCCC(=O)NC(COC1OC(CO)C(OC2OC(CO)C(O)C(O)C2O)C(O)C1O)C(O)CCCCCCCCCCCCCCCCCCCCCCCCCCCCCCCCCCC. The largest absolute Gasteiger partial charge is 0.394 e. The summed E-state index contributed by atoms with van der Waals surface area (Å²) in [6.07, 6.45) is 92.3. The first-order chi connectivity index (χ1) is 53.1. The van der Waals surface area contributed by atoms with E-state index in [4.69, 9.17) is 18.9 Å². The molecule has 630 valence electrons. The number of nitrogens with one attached hydrogen (secondary N) is 1. The van der Waals surface area contributed by atoms with Crippen LogP contribution in [-0.2, 0) is 23.7 Å². The maximum atomic E-state index is 13.5. The first-order valence-corrected chi connectivity index (χ1v) is 45.8. The highest BCUT2D eigenvalue weighted by atomic mass is 16.7. The van der Waals surface area contributed by atoms with E-state index in [0.717, 1.165) is 96.3 Å². The van der Waals surface area contributed by atoms with E-state index >= 15 is 0 Å². The first kappa shape index (κ1) is 101. The monoisotopic (exact) mass is 1520 g/mol. The molecule has 2 heterocycles. The lowest BCUT2D eigenvalue weighted by atomic mass is 9.97. The molecule has 0 aromatic rings. The van der Waals surface area contributed by atoms with Crippen molar-refractivity contribution in [1.29, 1.82) is 0 Å². The van der Waals surface area contributed by atoms with Crippen molar-refractivity contribution in [3.05, 3.63) is 85.1 Å². The van der Waals surface area contributed by atoms with Crippen molar-refractivity contribution in [2.75, 3.05) is 19.8 Å². The number of allylic oxidation sites excluding steroid dienone is 14. The van der Waals surface area contributed by atoms with Crippen LogP contribution in [0.2, 0.25) is 0 Å². The summed E-state index contributed by atoms with van der Waals surface area (Å²) in [6, 6.07) is -0.833. The highest BCUT2D eigenvalue weighted by molar-refractivity contribution is 5.76. The van der Waals surface area contributed by atoms with Crippen molar-refractivity contribution in [2.24, 2.45) is 0 Å². The molecule has 0 saturated carbocycles. The van der Waals surface area contributed by atoms with Gasteiger partial charge in [0.2, 0.25) is 5.91 Å². The number of carbonyl (C=O) groups excluding carboxylic acids is 1. The van der Waals surface area contributed by atoms with E-state index in [1.54, 1.807) is 0 Å². The Labute approximate surface area is 662 Å². The smallest absolute Gasteiger partial charge is 0.220 e. The Morgan fingerprint density at radius 3 is 0.981 bits per heavy atom. The minimum absolute atomic E-state index is 0.200. The average molecular weight is 1520 g/mol. The van der Waals surface area contributed by atoms with Crippen molar-refractivity contribution in [3.8, 4) is 0 Å². The van der Waals surface area contributed by atoms with Gasteiger partial charge in [0.1, 0.15) is 48.8 Å². The minimum atomic E-state index is -1.79. The molecule has 14 heteroatoms. The normalized spacial score (nSPS) is 21.5. The number of hydrogen-bond acceptors (Lipinski definition) is 13. The third kappa shape index (κ3) is 58.1. The Hall–Kier alpha value is -2.83. The summed E-state index contributed by atoms with van der Waals surface area (Å²) >= 11 is 0. The molecule has 0 aromatic heterocycles. The van der Waals surface area contributed by atoms with Gasteiger partial charge in [-0.1, -0.05) is 420 Å². The Balaban J connectivity index is 1.55. The van der Waals surface area contributed by atoms with E-state index in [1.807, 2.05) is 0 Å². The number of carbonyl (C=O) groups is 1. The van der Waals surface area contributed by atoms with Crippen molar-refractivity contribution in [2.45, 2.75) is 485 Å². The van der Waals surface area contributed by atoms with Crippen LogP contribution in [0.4, 0.5) is 0 Å². The Morgan fingerprint density at radius 1 is 0.343 bits per heavy atom. The van der Waals surface area contributed by atoms with Gasteiger partial charge in [-0.3, -0.25) is 4.79 Å². The average Bonchev–Trinajstić information content (AvgIpc) is 0.789. The lowest BCUT2D eigenvalue weighted by molar-refractivity contribution is -0.359. The van der Waals surface area contributed by atoms with Crippen LogP contribution >= 0.6 is 0 Å². The maximum Gasteiger partial charge on any atom is 0.220 e. The molecule has 12 atom stereocenters. The molecular formula is C94H171NO13. The standard InChI is InChI=1S/C94H171NO13/c1-3-5-7-9-11-13-15-17-19-21-23-25-27-29-31-33-35-37-38-39-40-41-42-43-44-46-48-50-52-54-56-58-60-62-64-66-68-70-72-74-76-78-86(99)95-82(81-105-93-91(104)89(102)92(85(80-97)107-93)108-94-90(103)88(101)87(100)84(79-96)106-94)83(98)77-75-73-71-69-67-65-63-61-59-57-55-53-51-49-47-45-36-34-32-30-28-26-24-22-20-18-16-14-12-10-8-6-4-2/h5,7,11,13,17,19,23,25,29,31,35,37,39-40,82-85,87-94,96-98,100-104H,3-4,6,8-10,12,14-16,18,20-22,24,26-28,30,32-34,36,38,41-81H2,1-2H3,(H,95,99)/b7-5-,13-11-,19-17-,25-23-,31-29-,37-35-,40-39-. The number of amides is 1. The molecular weight excluding hydrogens is 1350 g/mol. The van der Waals surface area contributed by atoms with Gasteiger partial charge in [-0.15, -0.1) is 0 Å². The third-order valence-electron chi connectivity index (χ3n) is 22.1. The number of aliphatic hydroxyl groups excluding tert-OH is 8. The van der Waals surface area contributed by atoms with Gasteiger partial charge < -0.3 is 65.1 Å². The number of hydrogen-bond donors (Lipinski definition) is 9. The number of rotatable bonds is 78. The summed E-state index contributed by atoms with van der Waals surface area (Å²) in [5.41, 5.74) is 0. The molecule has 9 N–H and O–H groups in total. The summed E-state index contributed by atoms with van der Waals surface area (Å²) in [6.45, 7) is 2.81. The van der Waals surface area contributed by atoms with E-state index in [9.17, 15) is 45.6 Å². The zero-order chi connectivity index (χ0) is 77.9. The van der Waals surface area contributed by atoms with Gasteiger partial charge in [0.25, 0.3) is 0 Å². The minimum Gasteiger partial charge on any atom is -0.394 e. The molecule has 0 aliphatic carbocycles. The van der Waals surface area contributed by atoms with Gasteiger partial charge in [0.05, 0.1) is 32.0 Å². The number of unbranched alkanes of at least 4 members (excludes halogenated alkanes) is 51. The van der Waals surface area contributed by atoms with E-state index in [1.165, 1.54) is 289 Å². The molecule has 0 radical (unpaired) electrons. The molecule has 14 nitrogen and oxygen atoms in total. The highest BCUT2D eigenvalue weighted by Crippen LogP contribution is 2.31. The lowest BCUT2D eigenvalue weighted by Crippen LogP contribution is -2.65. The first-order valence-electron chi connectivity index (χ1n) is 45.8. The maximum absolute atomic E-state index is 13.5. The third-order valence-corrected chi connectivity index (χ3v) is 22.1. The van der Waals surface area contributed by atoms with Crippen LogP contribution in [-0.4, -0.2) is 140 Å². The van der Waals surface area contributed by atoms with Gasteiger partial charge in [0, 0.05) is 6.42 Å². The van der Waals surface area contributed by atoms with Crippen LogP contribution in [0, 0.1) is 0 Å². The zero-order valence-corrected chi connectivity index (χ0v) is 69.6. The number of aliphatic hydroxyl groups is 8. The zero-order valence-electron chi connectivity index (χ0n) is 69.6. The molecule has 108 heavy (non-hydrogen) atoms. The summed E-state index contributed by atoms with van der Waals surface area (Å²) < 4.78 is 23.0. The van der Waals surface area contributed by atoms with Gasteiger partial charge in [-0.05, 0) is 70.6 Å². The van der Waals surface area contributed by atoms with Crippen LogP contribution in [0.3, 0.4) is 0 Å². The van der Waals surface area contributed by atoms with Gasteiger partial charge in [-0.2, -0.15) is 0 Å². The van der Waals surface area contributed by atoms with Crippen LogP contribution < -0.4 is 5.32 Å². The number of ether oxygens (including phenoxy) is 4. The molecule has 2 saturated heterocycles. The second-order valence-electron chi connectivity index (χ2n) is 32.1. The molecule has 2 aliphatic heterocycles. The van der Waals surface area contributed by atoms with E-state index < -0.39 is 86.8 Å². The van der Waals surface area contributed by atoms with E-state index in [-0.39, 0.29) is 12.5 Å². The molecule has 2 aliphatic rings. The van der Waals surface area contributed by atoms with Crippen molar-refractivity contribution < 1.29 is 64.6 Å². The quantitative estimate of drug-likeness (QED) is 0.0204. The predicted octanol–water partition coefficient (Wildman–Crippen LogP) is 22.6. The van der Waals surface area contributed by atoms with Crippen LogP contribution in [0.15, 0.2) is 85.1 Å². The second kappa shape index (κ2) is 76.8. The summed E-state index contributed by atoms with van der Waals surface area (Å²) in [5.74, 6) is -0.200. The Bertz CT molecular complexity index is 2150. The predicted molar refractivity (Wildman–Crippen MR) is 452 cm³/mol. The fraction of sp³-hybridized carbons (Fsp3) is 0.840. The van der Waals surface area contributed by atoms with E-state index in [2.05, 4.69) is 104 Å². The summed E-state index contributed by atoms with van der Waals surface area (Å²) in [5, 5.41) is 88.1. The van der Waals surface area contributed by atoms with Crippen LogP contribution in [0.25, 0.3) is 0 Å². The molecule has 1 amide bonds. The molecule has 0 aromatic carbocycles. The molecule has 12 unspecified atom stereocenters. The van der Waals surface area contributed by atoms with Gasteiger partial charge in [-0.25, -0.2) is 0 Å².